The SMILES string of the molecule is C[C@@H]1C[C@@H](c2ccsc2)CN1[C@@H]1CCCN(c2cnn(C)c2)C1=O. The number of amides is 1. The fourth-order valence-corrected chi connectivity index (χ4v) is 4.95. The molecule has 1 amide bonds. The summed E-state index contributed by atoms with van der Waals surface area (Å²) in [4.78, 5) is 17.5. The molecule has 0 spiro atoms. The van der Waals surface area contributed by atoms with Crippen LogP contribution in [-0.4, -0.2) is 45.8 Å². The van der Waals surface area contributed by atoms with Crippen LogP contribution in [0.5, 0.6) is 0 Å². The predicted molar refractivity (Wildman–Crippen MR) is 96.4 cm³/mol. The smallest absolute Gasteiger partial charge is 0.244 e. The second-order valence-corrected chi connectivity index (χ2v) is 7.84. The Hall–Kier alpha value is -1.66. The quantitative estimate of drug-likeness (QED) is 0.860. The molecule has 0 unspecified atom stereocenters. The zero-order chi connectivity index (χ0) is 16.7. The first-order valence-electron chi connectivity index (χ1n) is 8.71. The third kappa shape index (κ3) is 2.78. The van der Waals surface area contributed by atoms with Gasteiger partial charge in [0, 0.05) is 32.4 Å². The lowest BCUT2D eigenvalue weighted by Crippen LogP contribution is -2.53. The van der Waals surface area contributed by atoms with Gasteiger partial charge in [0.15, 0.2) is 0 Å². The lowest BCUT2D eigenvalue weighted by atomic mass is 10.00. The molecule has 3 atom stereocenters. The molecule has 2 fully saturated rings. The Morgan fingerprint density at radius 1 is 1.38 bits per heavy atom. The summed E-state index contributed by atoms with van der Waals surface area (Å²) in [5, 5.41) is 8.63. The molecule has 4 rings (SSSR count). The number of piperidine rings is 1. The van der Waals surface area contributed by atoms with Crippen molar-refractivity contribution in [3.8, 4) is 0 Å². The summed E-state index contributed by atoms with van der Waals surface area (Å²) in [7, 11) is 1.89. The summed E-state index contributed by atoms with van der Waals surface area (Å²) in [6.45, 7) is 4.06. The number of aryl methyl sites for hydroxylation is 1. The van der Waals surface area contributed by atoms with E-state index in [0.29, 0.717) is 12.0 Å². The highest BCUT2D eigenvalue weighted by atomic mass is 32.1. The van der Waals surface area contributed by atoms with Gasteiger partial charge < -0.3 is 4.90 Å². The average Bonchev–Trinajstić information content (AvgIpc) is 3.28. The molecule has 0 aliphatic carbocycles. The molecule has 2 aliphatic heterocycles. The highest BCUT2D eigenvalue weighted by molar-refractivity contribution is 7.08. The summed E-state index contributed by atoms with van der Waals surface area (Å²) in [5.41, 5.74) is 2.36. The van der Waals surface area contributed by atoms with Crippen molar-refractivity contribution in [3.63, 3.8) is 0 Å². The van der Waals surface area contributed by atoms with Crippen LogP contribution in [0.2, 0.25) is 0 Å². The molecule has 0 bridgehead atoms. The van der Waals surface area contributed by atoms with E-state index >= 15 is 0 Å². The van der Waals surface area contributed by atoms with Crippen LogP contribution in [0.15, 0.2) is 29.2 Å². The van der Waals surface area contributed by atoms with E-state index in [1.807, 2.05) is 18.1 Å². The van der Waals surface area contributed by atoms with Crippen LogP contribution in [0.1, 0.15) is 37.7 Å². The fraction of sp³-hybridized carbons (Fsp3) is 0.556. The van der Waals surface area contributed by atoms with Crippen molar-refractivity contribution in [1.29, 1.82) is 0 Å². The summed E-state index contributed by atoms with van der Waals surface area (Å²) < 4.78 is 1.76. The number of anilines is 1. The van der Waals surface area contributed by atoms with Crippen LogP contribution >= 0.6 is 11.3 Å². The molecule has 2 aromatic rings. The van der Waals surface area contributed by atoms with Gasteiger partial charge in [0.2, 0.25) is 5.91 Å². The number of hydrogen-bond acceptors (Lipinski definition) is 4. The first kappa shape index (κ1) is 15.8. The van der Waals surface area contributed by atoms with E-state index in [0.717, 1.165) is 38.0 Å². The summed E-state index contributed by atoms with van der Waals surface area (Å²) in [5.74, 6) is 0.805. The predicted octanol–water partition coefficient (Wildman–Crippen LogP) is 2.86. The number of rotatable bonds is 3. The van der Waals surface area contributed by atoms with Crippen molar-refractivity contribution >= 4 is 22.9 Å². The van der Waals surface area contributed by atoms with E-state index in [2.05, 4.69) is 33.7 Å². The van der Waals surface area contributed by atoms with Crippen LogP contribution in [-0.2, 0) is 11.8 Å². The topological polar surface area (TPSA) is 41.4 Å². The van der Waals surface area contributed by atoms with Gasteiger partial charge in [-0.15, -0.1) is 0 Å². The number of likely N-dealkylation sites (tertiary alicyclic amines) is 1. The van der Waals surface area contributed by atoms with Crippen molar-refractivity contribution in [2.24, 2.45) is 7.05 Å². The molecule has 0 N–H and O–H groups in total. The minimum absolute atomic E-state index is 0.0117. The largest absolute Gasteiger partial charge is 0.308 e. The molecule has 0 saturated carbocycles. The molecule has 128 valence electrons. The zero-order valence-corrected chi connectivity index (χ0v) is 15.1. The molecule has 5 nitrogen and oxygen atoms in total. The van der Waals surface area contributed by atoms with Crippen molar-refractivity contribution in [3.05, 3.63) is 34.8 Å². The first-order chi connectivity index (χ1) is 11.6. The number of carbonyl (C=O) groups excluding carboxylic acids is 1. The Labute approximate surface area is 146 Å². The minimum Gasteiger partial charge on any atom is -0.308 e. The van der Waals surface area contributed by atoms with Gasteiger partial charge in [0.25, 0.3) is 0 Å². The second kappa shape index (κ2) is 6.33. The molecule has 2 aliphatic rings. The monoisotopic (exact) mass is 344 g/mol. The summed E-state index contributed by atoms with van der Waals surface area (Å²) >= 11 is 1.76. The number of carbonyl (C=O) groups is 1. The lowest BCUT2D eigenvalue weighted by Gasteiger charge is -2.38. The molecule has 0 aromatic carbocycles. The standard InChI is InChI=1S/C18H24N4OS/c1-13-8-15(14-5-7-24-12-14)10-22(13)17-4-3-6-21(18(17)23)16-9-19-20(2)11-16/h5,7,9,11-13,15,17H,3-4,6,8,10H2,1-2H3/t13-,15-,17-/m1/s1. The number of thiophene rings is 1. The normalized spacial score (nSPS) is 28.7. The number of hydrogen-bond donors (Lipinski definition) is 0. The number of nitrogens with zero attached hydrogens (tertiary/aromatic N) is 4. The van der Waals surface area contributed by atoms with E-state index in [1.165, 1.54) is 5.56 Å². The summed E-state index contributed by atoms with van der Waals surface area (Å²) in [6, 6.07) is 2.70. The highest BCUT2D eigenvalue weighted by Crippen LogP contribution is 2.36. The summed E-state index contributed by atoms with van der Waals surface area (Å²) in [6.07, 6.45) is 6.89. The third-order valence-electron chi connectivity index (χ3n) is 5.45. The van der Waals surface area contributed by atoms with Gasteiger partial charge in [0.1, 0.15) is 0 Å². The lowest BCUT2D eigenvalue weighted by molar-refractivity contribution is -0.125. The van der Waals surface area contributed by atoms with Gasteiger partial charge in [-0.25, -0.2) is 0 Å². The van der Waals surface area contributed by atoms with Crippen LogP contribution in [0, 0.1) is 0 Å². The van der Waals surface area contributed by atoms with E-state index in [9.17, 15) is 4.79 Å². The van der Waals surface area contributed by atoms with Gasteiger partial charge >= 0.3 is 0 Å². The maximum atomic E-state index is 13.1. The van der Waals surface area contributed by atoms with Crippen LogP contribution in [0.25, 0.3) is 0 Å². The molecule has 24 heavy (non-hydrogen) atoms. The Kier molecular flexibility index (Phi) is 4.18. The molecular weight excluding hydrogens is 320 g/mol. The Morgan fingerprint density at radius 3 is 2.96 bits per heavy atom. The van der Waals surface area contributed by atoms with E-state index in [1.54, 1.807) is 22.2 Å². The minimum atomic E-state index is 0.0117. The van der Waals surface area contributed by atoms with E-state index < -0.39 is 0 Å². The van der Waals surface area contributed by atoms with Crippen molar-refractivity contribution < 1.29 is 4.79 Å². The molecular formula is C18H24N4OS. The maximum Gasteiger partial charge on any atom is 0.244 e. The van der Waals surface area contributed by atoms with Gasteiger partial charge in [0.05, 0.1) is 17.9 Å². The van der Waals surface area contributed by atoms with Crippen molar-refractivity contribution in [2.45, 2.75) is 44.2 Å². The Bertz CT molecular complexity index is 710. The van der Waals surface area contributed by atoms with Gasteiger partial charge in [-0.1, -0.05) is 0 Å². The van der Waals surface area contributed by atoms with Crippen molar-refractivity contribution in [1.82, 2.24) is 14.7 Å². The fourth-order valence-electron chi connectivity index (χ4n) is 4.21. The van der Waals surface area contributed by atoms with Crippen molar-refractivity contribution in [2.75, 3.05) is 18.0 Å². The first-order valence-corrected chi connectivity index (χ1v) is 9.65. The molecule has 2 aromatic heterocycles. The van der Waals surface area contributed by atoms with Crippen LogP contribution < -0.4 is 4.90 Å². The third-order valence-corrected chi connectivity index (χ3v) is 6.15. The Balaban J connectivity index is 1.52. The van der Waals surface area contributed by atoms with Crippen LogP contribution in [0.4, 0.5) is 5.69 Å². The van der Waals surface area contributed by atoms with E-state index in [-0.39, 0.29) is 11.9 Å². The molecule has 0 radical (unpaired) electrons. The molecule has 4 heterocycles. The molecule has 2 saturated heterocycles. The number of aromatic nitrogens is 2. The van der Waals surface area contributed by atoms with E-state index in [4.69, 9.17) is 0 Å². The second-order valence-electron chi connectivity index (χ2n) is 7.06. The van der Waals surface area contributed by atoms with Crippen LogP contribution in [0.3, 0.4) is 0 Å². The Morgan fingerprint density at radius 2 is 2.25 bits per heavy atom. The van der Waals surface area contributed by atoms with Gasteiger partial charge in [-0.2, -0.15) is 16.4 Å². The maximum absolute atomic E-state index is 13.1. The highest BCUT2D eigenvalue weighted by Gasteiger charge is 2.41. The van der Waals surface area contributed by atoms with Gasteiger partial charge in [-0.05, 0) is 54.5 Å². The van der Waals surface area contributed by atoms with Gasteiger partial charge in [-0.3, -0.25) is 14.4 Å². The zero-order valence-electron chi connectivity index (χ0n) is 14.3. The molecule has 6 heteroatoms. The average molecular weight is 344 g/mol.